The standard InChI is InChI=1S/C21H27N3O6.2Y/c1-10-12(25)22(7)15(28)19(10,4)21(6)17(30)24(9)16(29)20(21,5)11-13(26)23(8)14(27)18(11,2)3;;/h1-9H3;;/q-2;;. The van der Waals surface area contributed by atoms with Gasteiger partial charge in [-0.15, -0.1) is 0 Å². The largest absolute Gasteiger partial charge is 0.312 e. The molecule has 170 valence electrons. The second-order valence-electron chi connectivity index (χ2n) is 9.51. The summed E-state index contributed by atoms with van der Waals surface area (Å²) in [7, 11) is 3.93. The molecule has 0 saturated carbocycles. The van der Waals surface area contributed by atoms with Gasteiger partial charge >= 0.3 is 0 Å². The maximum absolute atomic E-state index is 13.6. The minimum absolute atomic E-state index is 0. The minimum Gasteiger partial charge on any atom is -0.312 e. The normalized spacial score (nSPS) is 34.6. The Morgan fingerprint density at radius 3 is 1.34 bits per heavy atom. The van der Waals surface area contributed by atoms with Gasteiger partial charge in [0.15, 0.2) is 0 Å². The van der Waals surface area contributed by atoms with Gasteiger partial charge in [0.1, 0.15) is 0 Å². The van der Waals surface area contributed by atoms with Crippen LogP contribution in [0.2, 0.25) is 0 Å². The van der Waals surface area contributed by atoms with Crippen LogP contribution in [-0.2, 0) is 94.2 Å². The van der Waals surface area contributed by atoms with Crippen molar-refractivity contribution in [2.45, 2.75) is 41.5 Å². The Morgan fingerprint density at radius 1 is 0.594 bits per heavy atom. The van der Waals surface area contributed by atoms with Crippen molar-refractivity contribution in [3.63, 3.8) is 0 Å². The van der Waals surface area contributed by atoms with E-state index in [1.54, 1.807) is 0 Å². The fourth-order valence-electron chi connectivity index (χ4n) is 5.80. The molecule has 3 aliphatic heterocycles. The fourth-order valence-corrected chi connectivity index (χ4v) is 5.80. The van der Waals surface area contributed by atoms with Gasteiger partial charge in [0.2, 0.25) is 23.6 Å². The number of hydrogen-bond acceptors (Lipinski definition) is 6. The van der Waals surface area contributed by atoms with Crippen LogP contribution in [0.1, 0.15) is 41.5 Å². The molecule has 3 rings (SSSR count). The first-order chi connectivity index (χ1) is 13.5. The smallest absolute Gasteiger partial charge is 0.232 e. The number of rotatable bonds is 2. The summed E-state index contributed by atoms with van der Waals surface area (Å²) in [6, 6.07) is 0. The fraction of sp³-hybridized carbons (Fsp3) is 0.619. The zero-order valence-corrected chi connectivity index (χ0v) is 25.6. The van der Waals surface area contributed by atoms with Gasteiger partial charge in [0.25, 0.3) is 0 Å². The number of carbonyl (C=O) groups excluding carboxylic acids is 6. The second kappa shape index (κ2) is 8.24. The van der Waals surface area contributed by atoms with Crippen LogP contribution in [0.4, 0.5) is 0 Å². The third-order valence-electron chi connectivity index (χ3n) is 8.06. The first-order valence-corrected chi connectivity index (χ1v) is 9.66. The van der Waals surface area contributed by atoms with Gasteiger partial charge in [-0.3, -0.25) is 35.9 Å². The average molecular weight is 595 g/mol. The van der Waals surface area contributed by atoms with Gasteiger partial charge in [-0.1, -0.05) is 40.0 Å². The number of carbonyl (C=O) groups is 6. The van der Waals surface area contributed by atoms with Crippen molar-refractivity contribution in [1.82, 2.24) is 14.7 Å². The van der Waals surface area contributed by atoms with E-state index in [0.29, 0.717) is 0 Å². The summed E-state index contributed by atoms with van der Waals surface area (Å²) in [4.78, 5) is 81.8. The van der Waals surface area contributed by atoms with Crippen molar-refractivity contribution in [2.75, 3.05) is 21.1 Å². The molecule has 3 heterocycles. The summed E-state index contributed by atoms with van der Waals surface area (Å²) in [5, 5.41) is 0. The zero-order valence-electron chi connectivity index (χ0n) is 19.9. The van der Waals surface area contributed by atoms with Crippen molar-refractivity contribution in [3.05, 3.63) is 11.8 Å². The molecule has 3 atom stereocenters. The average Bonchev–Trinajstić information content (AvgIpc) is 3.01. The molecule has 11 heteroatoms. The molecule has 3 unspecified atom stereocenters. The van der Waals surface area contributed by atoms with Gasteiger partial charge in [-0.25, -0.2) is 0 Å². The molecule has 0 spiro atoms. The van der Waals surface area contributed by atoms with E-state index in [1.807, 2.05) is 0 Å². The molecule has 0 aromatic rings. The van der Waals surface area contributed by atoms with Crippen molar-refractivity contribution < 1.29 is 94.2 Å². The number of likely N-dealkylation sites (tertiary alicyclic amines) is 3. The predicted octanol–water partition coefficient (Wildman–Crippen LogP) is 0.191. The van der Waals surface area contributed by atoms with Crippen LogP contribution >= 0.6 is 0 Å². The molecular weight excluding hydrogens is 568 g/mol. The van der Waals surface area contributed by atoms with Crippen LogP contribution < -0.4 is 0 Å². The van der Waals surface area contributed by atoms with Crippen LogP contribution in [0.3, 0.4) is 0 Å². The molecule has 6 amide bonds. The Kier molecular flexibility index (Phi) is 7.57. The van der Waals surface area contributed by atoms with Crippen molar-refractivity contribution >= 4 is 35.4 Å². The number of hydrogen-bond donors (Lipinski definition) is 0. The van der Waals surface area contributed by atoms with Crippen LogP contribution in [0.5, 0.6) is 0 Å². The summed E-state index contributed by atoms with van der Waals surface area (Å²) in [5.41, 5.74) is -6.68. The molecule has 3 saturated heterocycles. The summed E-state index contributed by atoms with van der Waals surface area (Å²) >= 11 is 0. The first-order valence-electron chi connectivity index (χ1n) is 9.66. The van der Waals surface area contributed by atoms with E-state index < -0.39 is 57.1 Å². The van der Waals surface area contributed by atoms with Crippen LogP contribution in [-0.4, -0.2) is 71.3 Å². The SMILES string of the molecule is C[C-]1C(=O)N(C)C(=O)C1(C)C1(C)C(=O)N(C)C(=O)C1(C)[C-]1C(=O)N(C)C(=O)C1(C)C.[Y].[Y]. The quantitative estimate of drug-likeness (QED) is 0.333. The maximum atomic E-state index is 13.6. The Bertz CT molecular complexity index is 952. The van der Waals surface area contributed by atoms with E-state index >= 15 is 0 Å². The maximum Gasteiger partial charge on any atom is 0.232 e. The van der Waals surface area contributed by atoms with E-state index in [1.165, 1.54) is 62.7 Å². The van der Waals surface area contributed by atoms with Crippen LogP contribution in [0, 0.1) is 33.5 Å². The second-order valence-corrected chi connectivity index (χ2v) is 9.51. The summed E-state index contributed by atoms with van der Waals surface area (Å²) < 4.78 is 0. The molecule has 0 aliphatic carbocycles. The van der Waals surface area contributed by atoms with Crippen molar-refractivity contribution in [3.8, 4) is 0 Å². The third-order valence-corrected chi connectivity index (χ3v) is 8.06. The number of amides is 6. The van der Waals surface area contributed by atoms with Gasteiger partial charge in [0.05, 0.1) is 11.8 Å². The Morgan fingerprint density at radius 2 is 1.00 bits per heavy atom. The van der Waals surface area contributed by atoms with Crippen molar-refractivity contribution in [1.29, 1.82) is 0 Å². The van der Waals surface area contributed by atoms with E-state index in [9.17, 15) is 28.8 Å². The van der Waals surface area contributed by atoms with E-state index in [4.69, 9.17) is 0 Å². The molecule has 2 radical (unpaired) electrons. The van der Waals surface area contributed by atoms with Gasteiger partial charge in [-0.05, 0) is 10.8 Å². The minimum atomic E-state index is -1.82. The number of nitrogens with zero attached hydrogens (tertiary/aromatic N) is 3. The van der Waals surface area contributed by atoms with E-state index in [0.717, 1.165) is 14.7 Å². The van der Waals surface area contributed by atoms with Gasteiger partial charge in [-0.2, -0.15) is 6.92 Å². The molecule has 3 fully saturated rings. The van der Waals surface area contributed by atoms with Gasteiger partial charge < -0.3 is 19.4 Å². The number of imide groups is 3. The Labute approximate surface area is 238 Å². The summed E-state index contributed by atoms with van der Waals surface area (Å²) in [6.45, 7) is 8.87. The topological polar surface area (TPSA) is 112 Å². The molecule has 32 heavy (non-hydrogen) atoms. The molecule has 0 aromatic carbocycles. The van der Waals surface area contributed by atoms with Gasteiger partial charge in [0, 0.05) is 92.0 Å². The zero-order chi connectivity index (χ0) is 23.4. The molecule has 9 nitrogen and oxygen atoms in total. The summed E-state index contributed by atoms with van der Waals surface area (Å²) in [5.74, 6) is -3.63. The summed E-state index contributed by atoms with van der Waals surface area (Å²) in [6.07, 6.45) is 0. The molecule has 3 aliphatic rings. The molecule has 0 N–H and O–H groups in total. The molecule has 0 bridgehead atoms. The molecule has 0 aromatic heterocycles. The van der Waals surface area contributed by atoms with E-state index in [2.05, 4.69) is 0 Å². The Balaban J connectivity index is 0.00000256. The predicted molar refractivity (Wildman–Crippen MR) is 104 cm³/mol. The van der Waals surface area contributed by atoms with Crippen molar-refractivity contribution in [2.24, 2.45) is 21.7 Å². The molecular formula is C21H27N3O6Y2-2. The monoisotopic (exact) mass is 595 g/mol. The third kappa shape index (κ3) is 2.83. The van der Waals surface area contributed by atoms with Crippen LogP contribution in [0.15, 0.2) is 0 Å². The van der Waals surface area contributed by atoms with E-state index in [-0.39, 0.29) is 77.3 Å². The Hall–Kier alpha value is -0.632. The van der Waals surface area contributed by atoms with Crippen LogP contribution in [0.25, 0.3) is 0 Å². The first kappa shape index (κ1) is 29.4.